The maximum atomic E-state index is 13.6. The highest BCUT2D eigenvalue weighted by Gasteiger charge is 2.24. The van der Waals surface area contributed by atoms with E-state index in [1.165, 1.54) is 13.0 Å². The molecule has 4 N–H and O–H groups in total. The molecule has 1 unspecified atom stereocenters. The minimum absolute atomic E-state index is 0.121. The molecule has 0 aliphatic heterocycles. The number of carbonyl (C=O) groups is 1. The second-order valence-corrected chi connectivity index (χ2v) is 6.01. The largest absolute Gasteiger partial charge is 0.399 e. The van der Waals surface area contributed by atoms with E-state index in [0.29, 0.717) is 6.54 Å². The number of rotatable bonds is 6. The van der Waals surface area contributed by atoms with Crippen LogP contribution in [0.15, 0.2) is 23.1 Å². The second kappa shape index (κ2) is 6.67. The molecule has 0 fully saturated rings. The third-order valence-electron chi connectivity index (χ3n) is 2.52. The van der Waals surface area contributed by atoms with Gasteiger partial charge in [0, 0.05) is 12.2 Å². The van der Waals surface area contributed by atoms with Gasteiger partial charge < -0.3 is 11.1 Å². The number of nitrogen functional groups attached to an aromatic ring is 1. The topological polar surface area (TPSA) is 101 Å². The number of benzene rings is 1. The summed E-state index contributed by atoms with van der Waals surface area (Å²) in [5.41, 5.74) is 5.48. The fraction of sp³-hybridized carbons (Fsp3) is 0.417. The highest BCUT2D eigenvalue weighted by molar-refractivity contribution is 7.89. The molecule has 20 heavy (non-hydrogen) atoms. The smallest absolute Gasteiger partial charge is 0.244 e. The van der Waals surface area contributed by atoms with Crippen LogP contribution in [0.1, 0.15) is 20.3 Å². The minimum Gasteiger partial charge on any atom is -0.399 e. The van der Waals surface area contributed by atoms with Crippen molar-refractivity contribution in [1.82, 2.24) is 10.0 Å². The van der Waals surface area contributed by atoms with Crippen LogP contribution < -0.4 is 15.8 Å². The van der Waals surface area contributed by atoms with Crippen molar-refractivity contribution in [3.8, 4) is 0 Å². The molecule has 1 atom stereocenters. The van der Waals surface area contributed by atoms with Crippen LogP contribution in [-0.2, 0) is 14.8 Å². The molecule has 1 aromatic rings. The van der Waals surface area contributed by atoms with Gasteiger partial charge in [-0.25, -0.2) is 12.8 Å². The van der Waals surface area contributed by atoms with E-state index in [9.17, 15) is 17.6 Å². The predicted molar refractivity (Wildman–Crippen MR) is 73.9 cm³/mol. The molecule has 0 aromatic heterocycles. The van der Waals surface area contributed by atoms with Crippen molar-refractivity contribution in [2.45, 2.75) is 31.2 Å². The van der Waals surface area contributed by atoms with Crippen molar-refractivity contribution in [3.05, 3.63) is 24.0 Å². The number of sulfonamides is 1. The van der Waals surface area contributed by atoms with E-state index >= 15 is 0 Å². The van der Waals surface area contributed by atoms with Gasteiger partial charge in [0.1, 0.15) is 10.7 Å². The van der Waals surface area contributed by atoms with Crippen molar-refractivity contribution in [3.63, 3.8) is 0 Å². The number of hydrogen-bond donors (Lipinski definition) is 3. The van der Waals surface area contributed by atoms with Crippen LogP contribution >= 0.6 is 0 Å². The lowest BCUT2D eigenvalue weighted by atomic mass is 10.3. The summed E-state index contributed by atoms with van der Waals surface area (Å²) in [5, 5.41) is 2.55. The molecule has 112 valence electrons. The molecule has 1 aromatic carbocycles. The Morgan fingerprint density at radius 3 is 2.65 bits per heavy atom. The molecular weight excluding hydrogens is 285 g/mol. The Bertz CT molecular complexity index is 590. The summed E-state index contributed by atoms with van der Waals surface area (Å²) in [6.45, 7) is 3.71. The molecular formula is C12H18FN3O3S. The quantitative estimate of drug-likeness (QED) is 0.670. The molecule has 0 bridgehead atoms. The van der Waals surface area contributed by atoms with Gasteiger partial charge in [-0.05, 0) is 31.5 Å². The Morgan fingerprint density at radius 1 is 1.45 bits per heavy atom. The lowest BCUT2D eigenvalue weighted by Crippen LogP contribution is -2.45. The van der Waals surface area contributed by atoms with Crippen molar-refractivity contribution < 1.29 is 17.6 Å². The first-order valence-electron chi connectivity index (χ1n) is 6.13. The zero-order chi connectivity index (χ0) is 15.3. The Kier molecular flexibility index (Phi) is 5.46. The van der Waals surface area contributed by atoms with Gasteiger partial charge in [0.25, 0.3) is 0 Å². The van der Waals surface area contributed by atoms with E-state index in [4.69, 9.17) is 5.73 Å². The summed E-state index contributed by atoms with van der Waals surface area (Å²) in [4.78, 5) is 11.1. The van der Waals surface area contributed by atoms with Crippen LogP contribution in [0.3, 0.4) is 0 Å². The molecule has 6 nitrogen and oxygen atoms in total. The molecule has 0 saturated carbocycles. The maximum absolute atomic E-state index is 13.6. The van der Waals surface area contributed by atoms with Gasteiger partial charge in [-0.1, -0.05) is 6.92 Å². The average molecular weight is 303 g/mol. The highest BCUT2D eigenvalue weighted by atomic mass is 32.2. The molecule has 0 aliphatic carbocycles. The number of halogens is 1. The van der Waals surface area contributed by atoms with Crippen molar-refractivity contribution >= 4 is 21.6 Å². The van der Waals surface area contributed by atoms with E-state index in [-0.39, 0.29) is 5.69 Å². The van der Waals surface area contributed by atoms with Crippen molar-refractivity contribution in [1.29, 1.82) is 0 Å². The summed E-state index contributed by atoms with van der Waals surface area (Å²) < 4.78 is 39.7. The molecule has 0 heterocycles. The van der Waals surface area contributed by atoms with Gasteiger partial charge in [0.2, 0.25) is 15.9 Å². The molecule has 1 rings (SSSR count). The Labute approximate surface area is 117 Å². The Balaban J connectivity index is 2.87. The lowest BCUT2D eigenvalue weighted by molar-refractivity contribution is -0.122. The van der Waals surface area contributed by atoms with E-state index in [1.807, 2.05) is 6.92 Å². The van der Waals surface area contributed by atoms with Crippen LogP contribution in [0, 0.1) is 5.82 Å². The molecule has 0 aliphatic rings. The number of hydrogen-bond acceptors (Lipinski definition) is 4. The summed E-state index contributed by atoms with van der Waals surface area (Å²) in [5.74, 6) is -1.43. The SMILES string of the molecule is CCCNC(=O)C(C)NS(=O)(=O)c1ccc(N)cc1F. The van der Waals surface area contributed by atoms with Crippen LogP contribution in [0.5, 0.6) is 0 Å². The molecule has 0 saturated heterocycles. The monoisotopic (exact) mass is 303 g/mol. The van der Waals surface area contributed by atoms with E-state index in [2.05, 4.69) is 10.0 Å². The van der Waals surface area contributed by atoms with Gasteiger partial charge in [0.05, 0.1) is 6.04 Å². The van der Waals surface area contributed by atoms with Crippen LogP contribution in [-0.4, -0.2) is 26.9 Å². The van der Waals surface area contributed by atoms with Gasteiger partial charge in [-0.15, -0.1) is 0 Å². The predicted octanol–water partition coefficient (Wildman–Crippen LogP) is 0.601. The van der Waals surface area contributed by atoms with E-state index in [1.54, 1.807) is 0 Å². The van der Waals surface area contributed by atoms with Crippen molar-refractivity contribution in [2.75, 3.05) is 12.3 Å². The number of amides is 1. The summed E-state index contributed by atoms with van der Waals surface area (Å²) in [7, 11) is -4.12. The third kappa shape index (κ3) is 4.17. The molecule has 0 spiro atoms. The Hall–Kier alpha value is -1.67. The van der Waals surface area contributed by atoms with Crippen LogP contribution in [0.2, 0.25) is 0 Å². The summed E-state index contributed by atoms with van der Waals surface area (Å²) >= 11 is 0. The zero-order valence-electron chi connectivity index (χ0n) is 11.3. The van der Waals surface area contributed by atoms with Gasteiger partial charge in [-0.3, -0.25) is 4.79 Å². The normalized spacial score (nSPS) is 12.9. The number of nitrogens with two attached hydrogens (primary N) is 1. The summed E-state index contributed by atoms with van der Waals surface area (Å²) in [6.07, 6.45) is 0.734. The second-order valence-electron chi connectivity index (χ2n) is 4.32. The fourth-order valence-electron chi connectivity index (χ4n) is 1.49. The Morgan fingerprint density at radius 2 is 2.10 bits per heavy atom. The first kappa shape index (κ1) is 16.4. The first-order chi connectivity index (χ1) is 9.27. The number of nitrogens with one attached hydrogen (secondary N) is 2. The average Bonchev–Trinajstić information content (AvgIpc) is 2.34. The van der Waals surface area contributed by atoms with Crippen LogP contribution in [0.25, 0.3) is 0 Å². The van der Waals surface area contributed by atoms with Gasteiger partial charge >= 0.3 is 0 Å². The van der Waals surface area contributed by atoms with E-state index in [0.717, 1.165) is 18.6 Å². The van der Waals surface area contributed by atoms with E-state index < -0.39 is 32.7 Å². The van der Waals surface area contributed by atoms with Gasteiger partial charge in [0.15, 0.2) is 0 Å². The highest BCUT2D eigenvalue weighted by Crippen LogP contribution is 2.17. The fourth-order valence-corrected chi connectivity index (χ4v) is 2.75. The number of anilines is 1. The number of carbonyl (C=O) groups excluding carboxylic acids is 1. The minimum atomic E-state index is -4.12. The van der Waals surface area contributed by atoms with Crippen molar-refractivity contribution in [2.24, 2.45) is 0 Å². The van der Waals surface area contributed by atoms with Crippen LogP contribution in [0.4, 0.5) is 10.1 Å². The molecule has 1 amide bonds. The summed E-state index contributed by atoms with van der Waals surface area (Å²) in [6, 6.07) is 2.25. The third-order valence-corrected chi connectivity index (χ3v) is 4.09. The molecule has 0 radical (unpaired) electrons. The maximum Gasteiger partial charge on any atom is 0.244 e. The first-order valence-corrected chi connectivity index (χ1v) is 7.61. The zero-order valence-corrected chi connectivity index (χ0v) is 12.1. The molecule has 8 heteroatoms. The van der Waals surface area contributed by atoms with Gasteiger partial charge in [-0.2, -0.15) is 4.72 Å². The lowest BCUT2D eigenvalue weighted by Gasteiger charge is -2.14. The standard InChI is InChI=1S/C12H18FN3O3S/c1-3-6-15-12(17)8(2)16-20(18,19)11-5-4-9(14)7-10(11)13/h4-5,7-8,16H,3,6,14H2,1-2H3,(H,15,17).